The molecule has 104 valence electrons. The molecule has 0 saturated heterocycles. The first-order valence-electron chi connectivity index (χ1n) is 5.92. The van der Waals surface area contributed by atoms with Crippen LogP contribution in [0.2, 0.25) is 10.0 Å². The highest BCUT2D eigenvalue weighted by atomic mass is 35.5. The summed E-state index contributed by atoms with van der Waals surface area (Å²) in [6.07, 6.45) is 1.10. The van der Waals surface area contributed by atoms with Crippen molar-refractivity contribution in [3.05, 3.63) is 27.7 Å². The zero-order valence-electron chi connectivity index (χ0n) is 10.9. The van der Waals surface area contributed by atoms with Crippen LogP contribution in [0.25, 0.3) is 0 Å². The molecule has 1 N–H and O–H groups in total. The molecular formula is C13H20Cl3NO. The van der Waals surface area contributed by atoms with Crippen molar-refractivity contribution in [1.29, 1.82) is 0 Å². The summed E-state index contributed by atoms with van der Waals surface area (Å²) in [5, 5.41) is 4.54. The van der Waals surface area contributed by atoms with E-state index in [1.807, 2.05) is 19.1 Å². The van der Waals surface area contributed by atoms with Crippen LogP contribution in [0.15, 0.2) is 12.1 Å². The molecule has 0 aromatic heterocycles. The zero-order valence-corrected chi connectivity index (χ0v) is 13.3. The minimum absolute atomic E-state index is 0. The van der Waals surface area contributed by atoms with Gasteiger partial charge in [0.15, 0.2) is 5.75 Å². The molecule has 0 spiro atoms. The van der Waals surface area contributed by atoms with Crippen molar-refractivity contribution in [3.63, 3.8) is 0 Å². The van der Waals surface area contributed by atoms with E-state index in [1.165, 1.54) is 0 Å². The third-order valence-corrected chi connectivity index (χ3v) is 3.18. The van der Waals surface area contributed by atoms with Crippen molar-refractivity contribution in [3.8, 4) is 5.75 Å². The lowest BCUT2D eigenvalue weighted by Gasteiger charge is -2.13. The summed E-state index contributed by atoms with van der Waals surface area (Å²) >= 11 is 12.3. The number of nitrogens with one attached hydrogen (secondary N) is 1. The maximum atomic E-state index is 6.13. The third-order valence-electron chi connectivity index (χ3n) is 2.61. The summed E-state index contributed by atoms with van der Waals surface area (Å²) in [7, 11) is 0. The Kier molecular flexibility index (Phi) is 8.79. The van der Waals surface area contributed by atoms with Gasteiger partial charge in [-0.15, -0.1) is 12.4 Å². The van der Waals surface area contributed by atoms with E-state index >= 15 is 0 Å². The van der Waals surface area contributed by atoms with Crippen LogP contribution in [0, 0.1) is 0 Å². The van der Waals surface area contributed by atoms with E-state index in [0.29, 0.717) is 28.4 Å². The van der Waals surface area contributed by atoms with Gasteiger partial charge in [-0.25, -0.2) is 0 Å². The lowest BCUT2D eigenvalue weighted by Crippen LogP contribution is -2.24. The molecule has 0 aliphatic heterocycles. The molecule has 0 bridgehead atoms. The molecule has 2 nitrogen and oxygen atoms in total. The molecule has 5 heteroatoms. The van der Waals surface area contributed by atoms with Crippen LogP contribution in [0.1, 0.15) is 32.8 Å². The van der Waals surface area contributed by atoms with Crippen molar-refractivity contribution >= 4 is 35.6 Å². The molecular weight excluding hydrogens is 293 g/mol. The van der Waals surface area contributed by atoms with E-state index in [1.54, 1.807) is 0 Å². The Morgan fingerprint density at radius 2 is 1.78 bits per heavy atom. The highest BCUT2D eigenvalue weighted by Gasteiger charge is 2.09. The molecule has 0 fully saturated rings. The highest BCUT2D eigenvalue weighted by molar-refractivity contribution is 6.37. The predicted octanol–water partition coefficient (Wildman–Crippen LogP) is 4.70. The van der Waals surface area contributed by atoms with Crippen molar-refractivity contribution in [2.45, 2.75) is 39.8 Å². The normalized spacial score (nSPS) is 11.8. The first kappa shape index (κ1) is 17.8. The number of hydrogen-bond acceptors (Lipinski definition) is 2. The molecule has 18 heavy (non-hydrogen) atoms. The molecule has 1 atom stereocenters. The van der Waals surface area contributed by atoms with Crippen molar-refractivity contribution in [2.75, 3.05) is 6.61 Å². The van der Waals surface area contributed by atoms with Gasteiger partial charge in [0.2, 0.25) is 0 Å². The van der Waals surface area contributed by atoms with Gasteiger partial charge in [-0.1, -0.05) is 30.1 Å². The van der Waals surface area contributed by atoms with E-state index in [2.05, 4.69) is 19.2 Å². The molecule has 0 saturated carbocycles. The molecule has 1 aromatic rings. The molecule has 0 amide bonds. The molecule has 1 rings (SSSR count). The topological polar surface area (TPSA) is 21.3 Å². The minimum atomic E-state index is 0. The van der Waals surface area contributed by atoms with Crippen LogP contribution >= 0.6 is 35.6 Å². The zero-order chi connectivity index (χ0) is 12.8. The second-order valence-electron chi connectivity index (χ2n) is 4.01. The monoisotopic (exact) mass is 311 g/mol. The van der Waals surface area contributed by atoms with E-state index in [-0.39, 0.29) is 12.4 Å². The number of rotatable bonds is 6. The van der Waals surface area contributed by atoms with Gasteiger partial charge in [0.1, 0.15) is 0 Å². The van der Waals surface area contributed by atoms with Crippen molar-refractivity contribution in [1.82, 2.24) is 5.32 Å². The standard InChI is InChI=1S/C13H19Cl2NO.ClH/c1-4-9(3)16-8-10-6-11(14)13(17-5-2)12(15)7-10;/h6-7,9,16H,4-5,8H2,1-3H3;1H. The Hall–Kier alpha value is -0.150. The molecule has 1 unspecified atom stereocenters. The van der Waals surface area contributed by atoms with Gasteiger partial charge >= 0.3 is 0 Å². The number of halogens is 3. The Labute approximate surface area is 125 Å². The predicted molar refractivity (Wildman–Crippen MR) is 81.5 cm³/mol. The first-order valence-corrected chi connectivity index (χ1v) is 6.68. The maximum Gasteiger partial charge on any atom is 0.156 e. The average Bonchev–Trinajstić information content (AvgIpc) is 2.30. The molecule has 0 heterocycles. The summed E-state index contributed by atoms with van der Waals surface area (Å²) in [5.41, 5.74) is 1.07. The Morgan fingerprint density at radius 3 is 2.22 bits per heavy atom. The average molecular weight is 313 g/mol. The van der Waals surface area contributed by atoms with Gasteiger partial charge in [-0.05, 0) is 38.0 Å². The Morgan fingerprint density at radius 1 is 1.22 bits per heavy atom. The molecule has 1 aromatic carbocycles. The lowest BCUT2D eigenvalue weighted by molar-refractivity contribution is 0.340. The SMILES string of the molecule is CCOc1c(Cl)cc(CNC(C)CC)cc1Cl.Cl. The summed E-state index contributed by atoms with van der Waals surface area (Å²) in [6.45, 7) is 7.53. The summed E-state index contributed by atoms with van der Waals surface area (Å²) in [4.78, 5) is 0. The summed E-state index contributed by atoms with van der Waals surface area (Å²) < 4.78 is 5.38. The van der Waals surface area contributed by atoms with Gasteiger partial charge in [0.05, 0.1) is 16.7 Å². The van der Waals surface area contributed by atoms with Crippen LogP contribution in [-0.4, -0.2) is 12.6 Å². The fourth-order valence-electron chi connectivity index (χ4n) is 1.43. The molecule has 0 radical (unpaired) electrons. The van der Waals surface area contributed by atoms with Gasteiger partial charge in [-0.2, -0.15) is 0 Å². The van der Waals surface area contributed by atoms with Gasteiger partial charge in [0, 0.05) is 12.6 Å². The van der Waals surface area contributed by atoms with E-state index in [9.17, 15) is 0 Å². The van der Waals surface area contributed by atoms with Crippen molar-refractivity contribution in [2.24, 2.45) is 0 Å². The van der Waals surface area contributed by atoms with Gasteiger partial charge in [-0.3, -0.25) is 0 Å². The van der Waals surface area contributed by atoms with E-state index in [0.717, 1.165) is 18.5 Å². The molecule has 0 aliphatic carbocycles. The fourth-order valence-corrected chi connectivity index (χ4v) is 2.07. The summed E-state index contributed by atoms with van der Waals surface area (Å²) in [6, 6.07) is 4.28. The van der Waals surface area contributed by atoms with Crippen LogP contribution < -0.4 is 10.1 Å². The van der Waals surface area contributed by atoms with Gasteiger partial charge < -0.3 is 10.1 Å². The van der Waals surface area contributed by atoms with E-state index < -0.39 is 0 Å². The van der Waals surface area contributed by atoms with Crippen LogP contribution in [0.3, 0.4) is 0 Å². The first-order chi connectivity index (χ1) is 8.08. The smallest absolute Gasteiger partial charge is 0.156 e. The fraction of sp³-hybridized carbons (Fsp3) is 0.538. The van der Waals surface area contributed by atoms with Gasteiger partial charge in [0.25, 0.3) is 0 Å². The highest BCUT2D eigenvalue weighted by Crippen LogP contribution is 2.34. The Balaban J connectivity index is 0.00000289. The maximum absolute atomic E-state index is 6.13. The quantitative estimate of drug-likeness (QED) is 0.822. The second-order valence-corrected chi connectivity index (χ2v) is 4.83. The van der Waals surface area contributed by atoms with Crippen LogP contribution in [-0.2, 0) is 6.54 Å². The molecule has 0 aliphatic rings. The summed E-state index contributed by atoms with van der Waals surface area (Å²) in [5.74, 6) is 0.572. The third kappa shape index (κ3) is 5.23. The van der Waals surface area contributed by atoms with Crippen LogP contribution in [0.4, 0.5) is 0 Å². The van der Waals surface area contributed by atoms with Crippen molar-refractivity contribution < 1.29 is 4.74 Å². The number of hydrogen-bond donors (Lipinski definition) is 1. The van der Waals surface area contributed by atoms with E-state index in [4.69, 9.17) is 27.9 Å². The largest absolute Gasteiger partial charge is 0.491 e. The number of ether oxygens (including phenoxy) is 1. The second kappa shape index (κ2) is 8.87. The van der Waals surface area contributed by atoms with Crippen LogP contribution in [0.5, 0.6) is 5.75 Å². The Bertz CT molecular complexity index is 348. The number of benzene rings is 1. The lowest BCUT2D eigenvalue weighted by atomic mass is 10.2. The minimum Gasteiger partial charge on any atom is -0.491 e.